The van der Waals surface area contributed by atoms with E-state index >= 15 is 0 Å². The topological polar surface area (TPSA) is 75.4 Å². The van der Waals surface area contributed by atoms with Crippen molar-refractivity contribution < 1.29 is 9.59 Å². The van der Waals surface area contributed by atoms with Gasteiger partial charge in [-0.15, -0.1) is 11.3 Å². The molecule has 19 heavy (non-hydrogen) atoms. The highest BCUT2D eigenvalue weighted by atomic mass is 32.1. The molecule has 104 valence electrons. The summed E-state index contributed by atoms with van der Waals surface area (Å²) >= 11 is 1.77. The van der Waals surface area contributed by atoms with Crippen molar-refractivity contribution in [1.29, 1.82) is 0 Å². The maximum absolute atomic E-state index is 12.0. The molecule has 1 aromatic rings. The number of hydrogen-bond acceptors (Lipinski definition) is 4. The highest BCUT2D eigenvalue weighted by Crippen LogP contribution is 2.23. The van der Waals surface area contributed by atoms with Crippen LogP contribution in [0.4, 0.5) is 0 Å². The molecule has 0 fully saturated rings. The van der Waals surface area contributed by atoms with Gasteiger partial charge >= 0.3 is 0 Å². The molecule has 2 heterocycles. The molecular formula is C13H19N3O2S. The van der Waals surface area contributed by atoms with Gasteiger partial charge in [0.05, 0.1) is 6.54 Å². The first-order valence-electron chi connectivity index (χ1n) is 6.49. The zero-order valence-electron chi connectivity index (χ0n) is 10.9. The van der Waals surface area contributed by atoms with Gasteiger partial charge in [0, 0.05) is 24.4 Å². The molecule has 2 amide bonds. The highest BCUT2D eigenvalue weighted by Gasteiger charge is 2.20. The van der Waals surface area contributed by atoms with Gasteiger partial charge in [0.1, 0.15) is 0 Å². The third kappa shape index (κ3) is 4.04. The van der Waals surface area contributed by atoms with Gasteiger partial charge < -0.3 is 16.0 Å². The molecule has 0 aliphatic carbocycles. The number of thiophene rings is 1. The molecule has 0 spiro atoms. The summed E-state index contributed by atoms with van der Waals surface area (Å²) in [5.41, 5.74) is 6.32. The standard InChI is InChI=1S/C13H19N3O2S/c14-12(17)2-1-5-15-8-13(18)16-6-3-11-10(9-16)4-7-19-11/h4,7,15H,1-3,5-6,8-9H2,(H2,14,17). The molecule has 0 radical (unpaired) electrons. The van der Waals surface area contributed by atoms with Crippen LogP contribution in [-0.4, -0.2) is 36.3 Å². The number of nitrogens with two attached hydrogens (primary N) is 1. The quantitative estimate of drug-likeness (QED) is 0.745. The Morgan fingerprint density at radius 1 is 1.47 bits per heavy atom. The van der Waals surface area contributed by atoms with Gasteiger partial charge in [0.2, 0.25) is 11.8 Å². The number of primary amides is 1. The Bertz CT molecular complexity index is 458. The van der Waals surface area contributed by atoms with Crippen LogP contribution in [0.2, 0.25) is 0 Å². The summed E-state index contributed by atoms with van der Waals surface area (Å²) in [5.74, 6) is -0.176. The molecule has 1 aromatic heterocycles. The van der Waals surface area contributed by atoms with E-state index in [9.17, 15) is 9.59 Å². The third-order valence-electron chi connectivity index (χ3n) is 3.21. The minimum absolute atomic E-state index is 0.121. The number of carbonyl (C=O) groups excluding carboxylic acids is 2. The lowest BCUT2D eigenvalue weighted by Crippen LogP contribution is -2.41. The monoisotopic (exact) mass is 281 g/mol. The summed E-state index contributed by atoms with van der Waals surface area (Å²) < 4.78 is 0. The summed E-state index contributed by atoms with van der Waals surface area (Å²) in [5, 5.41) is 5.14. The number of rotatable bonds is 6. The van der Waals surface area contributed by atoms with E-state index in [0.717, 1.165) is 19.5 Å². The van der Waals surface area contributed by atoms with E-state index in [2.05, 4.69) is 16.8 Å². The first kappa shape index (κ1) is 14.0. The predicted molar refractivity (Wildman–Crippen MR) is 74.7 cm³/mol. The van der Waals surface area contributed by atoms with E-state index in [1.54, 1.807) is 11.3 Å². The molecule has 6 heteroatoms. The number of carbonyl (C=O) groups is 2. The molecule has 1 aliphatic heterocycles. The lowest BCUT2D eigenvalue weighted by molar-refractivity contribution is -0.131. The van der Waals surface area contributed by atoms with Crippen molar-refractivity contribution in [2.24, 2.45) is 5.73 Å². The van der Waals surface area contributed by atoms with Crippen molar-refractivity contribution in [1.82, 2.24) is 10.2 Å². The molecular weight excluding hydrogens is 262 g/mol. The van der Waals surface area contributed by atoms with E-state index in [4.69, 9.17) is 5.73 Å². The molecule has 2 rings (SSSR count). The Kier molecular flexibility index (Phi) is 4.93. The summed E-state index contributed by atoms with van der Waals surface area (Å²) in [6.45, 7) is 2.50. The lowest BCUT2D eigenvalue weighted by Gasteiger charge is -2.27. The molecule has 1 aliphatic rings. The van der Waals surface area contributed by atoms with Crippen molar-refractivity contribution in [3.63, 3.8) is 0 Å². The fraction of sp³-hybridized carbons (Fsp3) is 0.538. The summed E-state index contributed by atoms with van der Waals surface area (Å²) in [6.07, 6.45) is 2.00. The zero-order chi connectivity index (χ0) is 13.7. The van der Waals surface area contributed by atoms with E-state index < -0.39 is 0 Å². The fourth-order valence-electron chi connectivity index (χ4n) is 2.16. The van der Waals surface area contributed by atoms with Crippen molar-refractivity contribution in [2.45, 2.75) is 25.8 Å². The van der Waals surface area contributed by atoms with Crippen LogP contribution in [0.15, 0.2) is 11.4 Å². The minimum Gasteiger partial charge on any atom is -0.370 e. The van der Waals surface area contributed by atoms with Crippen LogP contribution in [0.5, 0.6) is 0 Å². The number of fused-ring (bicyclic) bond motifs is 1. The van der Waals surface area contributed by atoms with Gasteiger partial charge in [-0.1, -0.05) is 0 Å². The second kappa shape index (κ2) is 6.68. The largest absolute Gasteiger partial charge is 0.370 e. The van der Waals surface area contributed by atoms with Gasteiger partial charge in [0.15, 0.2) is 0 Å². The first-order valence-corrected chi connectivity index (χ1v) is 7.37. The van der Waals surface area contributed by atoms with E-state index in [0.29, 0.717) is 25.9 Å². The molecule has 0 saturated heterocycles. The van der Waals surface area contributed by atoms with Gasteiger partial charge in [-0.2, -0.15) is 0 Å². The lowest BCUT2D eigenvalue weighted by atomic mass is 10.1. The van der Waals surface area contributed by atoms with Crippen LogP contribution in [-0.2, 0) is 22.6 Å². The zero-order valence-corrected chi connectivity index (χ0v) is 11.7. The fourth-order valence-corrected chi connectivity index (χ4v) is 3.05. The Hall–Kier alpha value is -1.40. The third-order valence-corrected chi connectivity index (χ3v) is 4.24. The maximum atomic E-state index is 12.0. The van der Waals surface area contributed by atoms with Crippen LogP contribution in [0.25, 0.3) is 0 Å². The average Bonchev–Trinajstić information content (AvgIpc) is 2.84. The number of hydrogen-bond donors (Lipinski definition) is 2. The summed E-state index contributed by atoms with van der Waals surface area (Å²) in [7, 11) is 0. The summed E-state index contributed by atoms with van der Waals surface area (Å²) in [4.78, 5) is 25.8. The number of amides is 2. The van der Waals surface area contributed by atoms with Crippen LogP contribution in [0.3, 0.4) is 0 Å². The first-order chi connectivity index (χ1) is 9.16. The molecule has 0 bridgehead atoms. The Balaban J connectivity index is 1.68. The normalized spacial score (nSPS) is 14.2. The molecule has 3 N–H and O–H groups in total. The average molecular weight is 281 g/mol. The van der Waals surface area contributed by atoms with Crippen LogP contribution >= 0.6 is 11.3 Å². The van der Waals surface area contributed by atoms with Gasteiger partial charge in [-0.3, -0.25) is 9.59 Å². The van der Waals surface area contributed by atoms with Crippen molar-refractivity contribution in [2.75, 3.05) is 19.6 Å². The Labute approximate surface area is 116 Å². The van der Waals surface area contributed by atoms with Gasteiger partial charge in [-0.25, -0.2) is 0 Å². The van der Waals surface area contributed by atoms with Crippen molar-refractivity contribution in [3.05, 3.63) is 21.9 Å². The molecule has 0 saturated carbocycles. The van der Waals surface area contributed by atoms with Crippen LogP contribution in [0.1, 0.15) is 23.3 Å². The Morgan fingerprint density at radius 2 is 2.32 bits per heavy atom. The molecule has 0 unspecified atom stereocenters. The van der Waals surface area contributed by atoms with E-state index in [1.807, 2.05) is 4.90 Å². The second-order valence-electron chi connectivity index (χ2n) is 4.68. The van der Waals surface area contributed by atoms with Gasteiger partial charge in [-0.05, 0) is 36.4 Å². The molecule has 0 aromatic carbocycles. The second-order valence-corrected chi connectivity index (χ2v) is 5.68. The van der Waals surface area contributed by atoms with Crippen LogP contribution < -0.4 is 11.1 Å². The Morgan fingerprint density at radius 3 is 3.11 bits per heavy atom. The SMILES string of the molecule is NC(=O)CCCNCC(=O)N1CCc2sccc2C1. The smallest absolute Gasteiger partial charge is 0.236 e. The van der Waals surface area contributed by atoms with Crippen molar-refractivity contribution in [3.8, 4) is 0 Å². The number of nitrogens with zero attached hydrogens (tertiary/aromatic N) is 1. The maximum Gasteiger partial charge on any atom is 0.236 e. The van der Waals surface area contributed by atoms with Crippen LogP contribution in [0, 0.1) is 0 Å². The predicted octanol–water partition coefficient (Wildman–Crippen LogP) is 0.488. The minimum atomic E-state index is -0.297. The molecule has 5 nitrogen and oxygen atoms in total. The highest BCUT2D eigenvalue weighted by molar-refractivity contribution is 7.10. The van der Waals surface area contributed by atoms with E-state index in [1.165, 1.54) is 10.4 Å². The molecule has 0 atom stereocenters. The summed E-state index contributed by atoms with van der Waals surface area (Å²) in [6, 6.07) is 2.10. The number of nitrogens with one attached hydrogen (secondary N) is 1. The van der Waals surface area contributed by atoms with Gasteiger partial charge in [0.25, 0.3) is 0 Å². The van der Waals surface area contributed by atoms with E-state index in [-0.39, 0.29) is 11.8 Å². The van der Waals surface area contributed by atoms with Crippen molar-refractivity contribution >= 4 is 23.2 Å².